The Hall–Kier alpha value is -4.63. The van der Waals surface area contributed by atoms with E-state index in [2.05, 4.69) is 5.32 Å². The number of rotatable bonds is 12. The molecule has 0 aliphatic carbocycles. The van der Waals surface area contributed by atoms with Gasteiger partial charge in [0.2, 0.25) is 0 Å². The quantitative estimate of drug-likeness (QED) is 0.180. The molecule has 0 bridgehead atoms. The molecule has 0 fully saturated rings. The van der Waals surface area contributed by atoms with Gasteiger partial charge in [0, 0.05) is 24.8 Å². The number of ether oxygens (including phenoxy) is 1. The Morgan fingerprint density at radius 2 is 1.56 bits per heavy atom. The second-order valence-corrected chi connectivity index (χ2v) is 10.8. The van der Waals surface area contributed by atoms with E-state index in [9.17, 15) is 27.9 Å². The average molecular weight is 591 g/mol. The molecular weight excluding hydrogens is 557 g/mol. The molecule has 0 spiro atoms. The zero-order valence-electron chi connectivity index (χ0n) is 23.9. The van der Waals surface area contributed by atoms with Crippen LogP contribution < -0.4 is 5.32 Å². The van der Waals surface area contributed by atoms with Gasteiger partial charge >= 0.3 is 12.1 Å². The molecular formula is C34H33F3N2O4. The minimum atomic E-state index is -4.42. The van der Waals surface area contributed by atoms with Crippen molar-refractivity contribution < 1.29 is 32.6 Å². The van der Waals surface area contributed by atoms with Crippen LogP contribution in [0.2, 0.25) is 0 Å². The summed E-state index contributed by atoms with van der Waals surface area (Å²) in [5, 5.41) is 12.0. The van der Waals surface area contributed by atoms with Crippen molar-refractivity contribution in [3.63, 3.8) is 0 Å². The summed E-state index contributed by atoms with van der Waals surface area (Å²) in [5.41, 5.74) is 2.96. The third-order valence-corrected chi connectivity index (χ3v) is 6.87. The van der Waals surface area contributed by atoms with Gasteiger partial charge in [-0.05, 0) is 54.3 Å². The maximum absolute atomic E-state index is 13.2. The second kappa shape index (κ2) is 13.6. The highest BCUT2D eigenvalue weighted by Gasteiger charge is 2.30. The number of benzene rings is 3. The van der Waals surface area contributed by atoms with Crippen LogP contribution in [0, 0.1) is 5.41 Å². The Balaban J connectivity index is 1.42. The number of halogens is 3. The summed E-state index contributed by atoms with van der Waals surface area (Å²) < 4.78 is 46.0. The number of hydrogen-bond donors (Lipinski definition) is 2. The highest BCUT2D eigenvalue weighted by Crippen LogP contribution is 2.29. The van der Waals surface area contributed by atoms with Gasteiger partial charge in [0.15, 0.2) is 0 Å². The number of carbonyl (C=O) groups is 2. The van der Waals surface area contributed by atoms with Gasteiger partial charge < -0.3 is 19.7 Å². The number of aliphatic carboxylic acids is 1. The lowest BCUT2D eigenvalue weighted by Gasteiger charge is -2.18. The third kappa shape index (κ3) is 8.68. The number of aromatic nitrogens is 1. The number of alkyl halides is 3. The van der Waals surface area contributed by atoms with Crippen molar-refractivity contribution in [3.8, 4) is 11.1 Å². The van der Waals surface area contributed by atoms with Crippen molar-refractivity contribution in [1.29, 1.82) is 0 Å². The van der Waals surface area contributed by atoms with Crippen LogP contribution in [0.25, 0.3) is 17.2 Å². The summed E-state index contributed by atoms with van der Waals surface area (Å²) in [6.45, 7) is 4.13. The molecule has 1 amide bonds. The number of amides is 1. The summed E-state index contributed by atoms with van der Waals surface area (Å²) in [6.07, 6.45) is 1.35. The predicted molar refractivity (Wildman–Crippen MR) is 159 cm³/mol. The number of hydrogen-bond acceptors (Lipinski definition) is 3. The van der Waals surface area contributed by atoms with E-state index in [4.69, 9.17) is 4.74 Å². The van der Waals surface area contributed by atoms with Crippen LogP contribution in [-0.4, -0.2) is 28.2 Å². The van der Waals surface area contributed by atoms with E-state index in [1.165, 1.54) is 12.1 Å². The summed E-state index contributed by atoms with van der Waals surface area (Å²) in [7, 11) is 0. The van der Waals surface area contributed by atoms with Gasteiger partial charge in [0.25, 0.3) is 5.91 Å². The first-order chi connectivity index (χ1) is 20.4. The van der Waals surface area contributed by atoms with Gasteiger partial charge in [-0.25, -0.2) is 0 Å². The molecule has 0 atom stereocenters. The molecule has 4 rings (SSSR count). The number of carbonyl (C=O) groups excluding carboxylic acids is 1. The molecule has 0 saturated carbocycles. The summed E-state index contributed by atoms with van der Waals surface area (Å²) >= 11 is 0. The lowest BCUT2D eigenvalue weighted by Crippen LogP contribution is -2.29. The lowest BCUT2D eigenvalue weighted by atomic mass is 9.95. The molecule has 1 heterocycles. The minimum Gasteiger partial charge on any atom is -0.481 e. The fourth-order valence-corrected chi connectivity index (χ4v) is 4.24. The van der Waals surface area contributed by atoms with E-state index in [0.29, 0.717) is 24.4 Å². The monoisotopic (exact) mass is 590 g/mol. The van der Waals surface area contributed by atoms with Gasteiger partial charge in [-0.2, -0.15) is 13.2 Å². The first kappa shape index (κ1) is 31.3. The first-order valence-corrected chi connectivity index (χ1v) is 13.7. The van der Waals surface area contributed by atoms with Crippen molar-refractivity contribution in [3.05, 3.63) is 125 Å². The smallest absolute Gasteiger partial charge is 0.416 e. The van der Waals surface area contributed by atoms with Crippen LogP contribution in [0.1, 0.15) is 46.6 Å². The summed E-state index contributed by atoms with van der Waals surface area (Å²) in [5.74, 6) is -1.25. The molecule has 0 aliphatic rings. The third-order valence-electron chi connectivity index (χ3n) is 6.87. The molecule has 1 aromatic heterocycles. The molecule has 2 N–H and O–H groups in total. The molecule has 0 saturated heterocycles. The SMILES string of the molecule is CC(C)(COCc1ccc(/C=C/Cn2cc(-c3ccccc3)cc2C(=O)NCc2ccc(C(F)(F)F)cc2)cc1)C(=O)O. The van der Waals surface area contributed by atoms with Crippen LogP contribution in [0.15, 0.2) is 97.2 Å². The van der Waals surface area contributed by atoms with E-state index in [-0.39, 0.29) is 19.1 Å². The van der Waals surface area contributed by atoms with E-state index in [0.717, 1.165) is 34.4 Å². The van der Waals surface area contributed by atoms with Crippen molar-refractivity contribution in [1.82, 2.24) is 9.88 Å². The summed E-state index contributed by atoms with van der Waals surface area (Å²) in [6, 6.07) is 23.8. The van der Waals surface area contributed by atoms with Crippen LogP contribution in [0.4, 0.5) is 13.2 Å². The number of nitrogens with zero attached hydrogens (tertiary/aromatic N) is 1. The van der Waals surface area contributed by atoms with Gasteiger partial charge in [-0.15, -0.1) is 0 Å². The fourth-order valence-electron chi connectivity index (χ4n) is 4.24. The van der Waals surface area contributed by atoms with E-state index >= 15 is 0 Å². The number of nitrogens with one attached hydrogen (secondary N) is 1. The molecule has 0 aliphatic heterocycles. The molecule has 0 radical (unpaired) electrons. The van der Waals surface area contributed by atoms with Crippen molar-refractivity contribution in [2.24, 2.45) is 5.41 Å². The normalized spacial score (nSPS) is 12.0. The summed E-state index contributed by atoms with van der Waals surface area (Å²) in [4.78, 5) is 24.4. The first-order valence-electron chi connectivity index (χ1n) is 13.7. The molecule has 6 nitrogen and oxygen atoms in total. The zero-order chi connectivity index (χ0) is 31.0. The number of carboxylic acid groups (broad SMARTS) is 1. The Morgan fingerprint density at radius 1 is 0.907 bits per heavy atom. The van der Waals surface area contributed by atoms with E-state index in [1.54, 1.807) is 19.9 Å². The Bertz CT molecular complexity index is 1560. The topological polar surface area (TPSA) is 80.6 Å². The molecule has 4 aromatic rings. The van der Waals surface area contributed by atoms with Crippen molar-refractivity contribution in [2.45, 2.75) is 39.7 Å². The molecule has 9 heteroatoms. The second-order valence-electron chi connectivity index (χ2n) is 10.8. The highest BCUT2D eigenvalue weighted by atomic mass is 19.4. The predicted octanol–water partition coefficient (Wildman–Crippen LogP) is 7.44. The van der Waals surface area contributed by atoms with Gasteiger partial charge in [-0.1, -0.05) is 78.9 Å². The largest absolute Gasteiger partial charge is 0.481 e. The Morgan fingerprint density at radius 3 is 2.19 bits per heavy atom. The van der Waals surface area contributed by atoms with Gasteiger partial charge in [-0.3, -0.25) is 9.59 Å². The Labute approximate surface area is 248 Å². The molecule has 0 unspecified atom stereocenters. The maximum atomic E-state index is 13.2. The van der Waals surface area contributed by atoms with Crippen molar-refractivity contribution in [2.75, 3.05) is 6.61 Å². The molecule has 43 heavy (non-hydrogen) atoms. The number of allylic oxidation sites excluding steroid dienone is 1. The van der Waals surface area contributed by atoms with E-state index < -0.39 is 23.1 Å². The standard InChI is InChI=1S/C34H33F3N2O4/c1-33(2,32(41)42)23-43-22-26-12-10-24(11-13-26)7-6-18-39-21-28(27-8-4-3-5-9-27)19-30(39)31(40)38-20-25-14-16-29(17-15-25)34(35,36)37/h3-17,19,21H,18,20,22-23H2,1-2H3,(H,38,40)(H,41,42)/b7-6+. The van der Waals surface area contributed by atoms with E-state index in [1.807, 2.05) is 77.5 Å². The minimum absolute atomic E-state index is 0.0858. The van der Waals surface area contributed by atoms with Crippen LogP contribution in [0.5, 0.6) is 0 Å². The average Bonchev–Trinajstić information content (AvgIpc) is 3.41. The lowest BCUT2D eigenvalue weighted by molar-refractivity contribution is -0.150. The maximum Gasteiger partial charge on any atom is 0.416 e. The highest BCUT2D eigenvalue weighted by molar-refractivity contribution is 5.94. The van der Waals surface area contributed by atoms with Gasteiger partial charge in [0.05, 0.1) is 24.2 Å². The van der Waals surface area contributed by atoms with Crippen molar-refractivity contribution >= 4 is 18.0 Å². The molecule has 3 aromatic carbocycles. The van der Waals surface area contributed by atoms with Crippen LogP contribution in [0.3, 0.4) is 0 Å². The Kier molecular flexibility index (Phi) is 9.88. The van der Waals surface area contributed by atoms with Crippen LogP contribution >= 0.6 is 0 Å². The van der Waals surface area contributed by atoms with Gasteiger partial charge in [0.1, 0.15) is 5.69 Å². The molecule has 224 valence electrons. The van der Waals surface area contributed by atoms with Crippen LogP contribution in [-0.2, 0) is 35.4 Å². The zero-order valence-corrected chi connectivity index (χ0v) is 23.9. The fraction of sp³-hybridized carbons (Fsp3) is 0.235. The number of carboxylic acids is 1.